The molecule has 7 heteroatoms. The lowest BCUT2D eigenvalue weighted by Crippen LogP contribution is -2.40. The maximum Gasteiger partial charge on any atom is 0.194 e. The van der Waals surface area contributed by atoms with Crippen LogP contribution in [0.3, 0.4) is 0 Å². The van der Waals surface area contributed by atoms with Crippen molar-refractivity contribution in [3.63, 3.8) is 0 Å². The van der Waals surface area contributed by atoms with Crippen LogP contribution in [0.4, 0.5) is 0 Å². The molecule has 1 N–H and O–H groups in total. The van der Waals surface area contributed by atoms with E-state index >= 15 is 0 Å². The summed E-state index contributed by atoms with van der Waals surface area (Å²) in [6, 6.07) is 5.94. The van der Waals surface area contributed by atoms with Gasteiger partial charge in [-0.2, -0.15) is 0 Å². The van der Waals surface area contributed by atoms with Crippen molar-refractivity contribution in [2.75, 3.05) is 19.6 Å². The molecule has 0 spiro atoms. The number of pyridine rings is 1. The fraction of sp³-hybridized carbons (Fsp3) is 0.632. The molecule has 3 heterocycles. The van der Waals surface area contributed by atoms with Crippen molar-refractivity contribution in [1.82, 2.24) is 24.8 Å². The minimum atomic E-state index is 0. The lowest BCUT2D eigenvalue weighted by Gasteiger charge is -2.24. The third-order valence-corrected chi connectivity index (χ3v) is 5.33. The maximum absolute atomic E-state index is 4.84. The number of likely N-dealkylation sites (tertiary alicyclic amines) is 1. The Morgan fingerprint density at radius 3 is 2.81 bits per heavy atom. The van der Waals surface area contributed by atoms with E-state index in [2.05, 4.69) is 41.2 Å². The summed E-state index contributed by atoms with van der Waals surface area (Å²) < 4.78 is 2.00. The van der Waals surface area contributed by atoms with Crippen molar-refractivity contribution in [2.45, 2.75) is 46.6 Å². The smallest absolute Gasteiger partial charge is 0.194 e. The highest BCUT2D eigenvalue weighted by Crippen LogP contribution is 2.28. The molecule has 0 aromatic carbocycles. The van der Waals surface area contributed by atoms with Crippen LogP contribution in [0, 0.1) is 11.8 Å². The third kappa shape index (κ3) is 4.66. The summed E-state index contributed by atoms with van der Waals surface area (Å²) in [5.41, 5.74) is 0.868. The fourth-order valence-corrected chi connectivity index (χ4v) is 3.89. The summed E-state index contributed by atoms with van der Waals surface area (Å²) >= 11 is 0. The lowest BCUT2D eigenvalue weighted by atomic mass is 9.87. The summed E-state index contributed by atoms with van der Waals surface area (Å²) in [6.07, 6.45) is 5.81. The second-order valence-corrected chi connectivity index (χ2v) is 6.79. The first-order valence-electron chi connectivity index (χ1n) is 9.58. The molecule has 0 saturated carbocycles. The number of aliphatic imine (C=N–C) groups is 1. The number of aromatic nitrogens is 3. The number of halogens is 1. The van der Waals surface area contributed by atoms with Crippen LogP contribution in [0.25, 0.3) is 5.65 Å². The van der Waals surface area contributed by atoms with Gasteiger partial charge in [0.25, 0.3) is 0 Å². The number of hydrogen-bond donors (Lipinski definition) is 1. The molecule has 0 aliphatic carbocycles. The van der Waals surface area contributed by atoms with Gasteiger partial charge < -0.3 is 10.2 Å². The van der Waals surface area contributed by atoms with Crippen LogP contribution in [-0.4, -0.2) is 45.1 Å². The number of hydrogen-bond acceptors (Lipinski definition) is 3. The molecule has 0 radical (unpaired) electrons. The Morgan fingerprint density at radius 2 is 2.08 bits per heavy atom. The van der Waals surface area contributed by atoms with E-state index in [0.717, 1.165) is 48.9 Å². The van der Waals surface area contributed by atoms with Gasteiger partial charge in [0.15, 0.2) is 17.4 Å². The summed E-state index contributed by atoms with van der Waals surface area (Å²) in [7, 11) is 0. The average Bonchev–Trinajstić information content (AvgIpc) is 3.27. The number of fused-ring (bicyclic) bond motifs is 1. The molecule has 26 heavy (non-hydrogen) atoms. The predicted octanol–water partition coefficient (Wildman–Crippen LogP) is 3.57. The first-order chi connectivity index (χ1) is 12.3. The topological polar surface area (TPSA) is 57.8 Å². The molecule has 1 aliphatic rings. The molecule has 2 aromatic rings. The minimum Gasteiger partial charge on any atom is -0.357 e. The van der Waals surface area contributed by atoms with Crippen molar-refractivity contribution in [2.24, 2.45) is 16.8 Å². The van der Waals surface area contributed by atoms with Gasteiger partial charge in [-0.15, -0.1) is 34.2 Å². The monoisotopic (exact) mass is 470 g/mol. The highest BCUT2D eigenvalue weighted by molar-refractivity contribution is 14.0. The molecular weight excluding hydrogens is 439 g/mol. The quantitative estimate of drug-likeness (QED) is 0.399. The molecule has 144 valence electrons. The molecular formula is C19H31IN6. The van der Waals surface area contributed by atoms with E-state index in [1.807, 2.05) is 28.8 Å². The molecule has 2 aromatic heterocycles. The molecule has 1 saturated heterocycles. The van der Waals surface area contributed by atoms with Crippen LogP contribution in [0.15, 0.2) is 29.4 Å². The molecule has 3 rings (SSSR count). The van der Waals surface area contributed by atoms with Crippen molar-refractivity contribution in [3.05, 3.63) is 30.2 Å². The zero-order valence-corrected chi connectivity index (χ0v) is 18.4. The van der Waals surface area contributed by atoms with Crippen LogP contribution in [-0.2, 0) is 6.54 Å². The highest BCUT2D eigenvalue weighted by atomic mass is 127. The van der Waals surface area contributed by atoms with Gasteiger partial charge in [0.2, 0.25) is 0 Å². The Kier molecular flexibility index (Phi) is 8.12. The lowest BCUT2D eigenvalue weighted by molar-refractivity contribution is 0.319. The fourth-order valence-electron chi connectivity index (χ4n) is 3.89. The van der Waals surface area contributed by atoms with Crippen molar-refractivity contribution >= 4 is 35.6 Å². The zero-order valence-electron chi connectivity index (χ0n) is 16.1. The average molecular weight is 470 g/mol. The second kappa shape index (κ2) is 10.1. The Bertz CT molecular complexity index is 709. The zero-order chi connectivity index (χ0) is 17.6. The van der Waals surface area contributed by atoms with E-state index in [1.54, 1.807) is 0 Å². The largest absolute Gasteiger partial charge is 0.357 e. The van der Waals surface area contributed by atoms with Gasteiger partial charge in [0, 0.05) is 25.8 Å². The SMILES string of the molecule is CCNC(=NCc1nnc2ccccn12)N1CCC(C(CC)CC)C1.I. The predicted molar refractivity (Wildman–Crippen MR) is 117 cm³/mol. The van der Waals surface area contributed by atoms with Gasteiger partial charge in [-0.3, -0.25) is 4.40 Å². The van der Waals surface area contributed by atoms with Gasteiger partial charge in [0.1, 0.15) is 6.54 Å². The first kappa shape index (κ1) is 20.9. The third-order valence-electron chi connectivity index (χ3n) is 5.33. The Morgan fingerprint density at radius 1 is 1.27 bits per heavy atom. The molecule has 1 aliphatic heterocycles. The van der Waals surface area contributed by atoms with Gasteiger partial charge in [0.05, 0.1) is 0 Å². The van der Waals surface area contributed by atoms with Crippen LogP contribution >= 0.6 is 24.0 Å². The normalized spacial score (nSPS) is 17.8. The summed E-state index contributed by atoms with van der Waals surface area (Å²) in [6.45, 7) is 10.4. The Labute approximate surface area is 173 Å². The minimum absolute atomic E-state index is 0. The maximum atomic E-state index is 4.84. The molecule has 1 atom stereocenters. The number of nitrogens with zero attached hydrogens (tertiary/aromatic N) is 5. The highest BCUT2D eigenvalue weighted by Gasteiger charge is 2.29. The van der Waals surface area contributed by atoms with E-state index in [0.29, 0.717) is 6.54 Å². The Balaban J connectivity index is 0.00000243. The molecule has 6 nitrogen and oxygen atoms in total. The van der Waals surface area contributed by atoms with Crippen LogP contribution < -0.4 is 5.32 Å². The number of nitrogens with one attached hydrogen (secondary N) is 1. The Hall–Kier alpha value is -1.38. The van der Waals surface area contributed by atoms with E-state index in [-0.39, 0.29) is 24.0 Å². The van der Waals surface area contributed by atoms with Gasteiger partial charge in [-0.05, 0) is 37.3 Å². The summed E-state index contributed by atoms with van der Waals surface area (Å²) in [5, 5.41) is 11.9. The van der Waals surface area contributed by atoms with Crippen LogP contribution in [0.5, 0.6) is 0 Å². The van der Waals surface area contributed by atoms with E-state index in [9.17, 15) is 0 Å². The van der Waals surface area contributed by atoms with Gasteiger partial charge >= 0.3 is 0 Å². The van der Waals surface area contributed by atoms with E-state index in [1.165, 1.54) is 19.3 Å². The first-order valence-corrected chi connectivity index (χ1v) is 9.58. The number of guanidine groups is 1. The second-order valence-electron chi connectivity index (χ2n) is 6.79. The van der Waals surface area contributed by atoms with Crippen molar-refractivity contribution in [3.8, 4) is 0 Å². The van der Waals surface area contributed by atoms with Crippen LogP contribution in [0.2, 0.25) is 0 Å². The van der Waals surface area contributed by atoms with Crippen molar-refractivity contribution < 1.29 is 0 Å². The number of rotatable bonds is 6. The molecule has 0 amide bonds. The van der Waals surface area contributed by atoms with Gasteiger partial charge in [-0.1, -0.05) is 32.8 Å². The van der Waals surface area contributed by atoms with E-state index in [4.69, 9.17) is 4.99 Å². The molecule has 0 bridgehead atoms. The summed E-state index contributed by atoms with van der Waals surface area (Å²) in [5.74, 6) is 3.49. The standard InChI is InChI=1S/C19H30N6.HI/c1-4-15(5-2)16-10-12-24(14-16)19(20-6-3)21-13-18-23-22-17-9-7-8-11-25(17)18;/h7-9,11,15-16H,4-6,10,12-14H2,1-3H3,(H,20,21);1H. The summed E-state index contributed by atoms with van der Waals surface area (Å²) in [4.78, 5) is 7.25. The van der Waals surface area contributed by atoms with Crippen LogP contribution in [0.1, 0.15) is 45.9 Å². The molecule has 1 fully saturated rings. The van der Waals surface area contributed by atoms with Crippen molar-refractivity contribution in [1.29, 1.82) is 0 Å². The van der Waals surface area contributed by atoms with E-state index < -0.39 is 0 Å². The van der Waals surface area contributed by atoms with Gasteiger partial charge in [-0.25, -0.2) is 4.99 Å². The molecule has 1 unspecified atom stereocenters.